The highest BCUT2D eigenvalue weighted by atomic mass is 19.3. The van der Waals surface area contributed by atoms with Crippen LogP contribution in [0.3, 0.4) is 0 Å². The third kappa shape index (κ3) is 3.14. The number of furan rings is 1. The molecule has 1 aliphatic rings. The quantitative estimate of drug-likeness (QED) is 0.868. The fourth-order valence-corrected chi connectivity index (χ4v) is 2.51. The number of rotatable bonds is 4. The van der Waals surface area contributed by atoms with Crippen molar-refractivity contribution in [1.82, 2.24) is 5.32 Å². The van der Waals surface area contributed by atoms with Gasteiger partial charge in [0, 0.05) is 23.6 Å². The minimum Gasteiger partial charge on any atom is -0.459 e. The van der Waals surface area contributed by atoms with E-state index in [9.17, 15) is 22.4 Å². The van der Waals surface area contributed by atoms with Crippen LogP contribution in [0, 0.1) is 11.6 Å². The van der Waals surface area contributed by atoms with E-state index in [4.69, 9.17) is 9.15 Å². The van der Waals surface area contributed by atoms with E-state index in [1.807, 2.05) is 5.32 Å². The Morgan fingerprint density at radius 2 is 2.08 bits per heavy atom. The molecule has 0 spiro atoms. The smallest absolute Gasteiger partial charge is 0.292 e. The SMILES string of the molecule is O=C(NCC(F)(F)c1ccc(F)cc1F)c1occ2c1CCOC2. The Hall–Kier alpha value is -2.35. The van der Waals surface area contributed by atoms with Gasteiger partial charge in [0.25, 0.3) is 11.8 Å². The number of fused-ring (bicyclic) bond motifs is 1. The van der Waals surface area contributed by atoms with Crippen LogP contribution in [0.2, 0.25) is 0 Å². The molecule has 1 aliphatic heterocycles. The number of halogens is 4. The van der Waals surface area contributed by atoms with Gasteiger partial charge in [0.2, 0.25) is 0 Å². The molecule has 1 amide bonds. The molecule has 0 radical (unpaired) electrons. The number of benzene rings is 1. The van der Waals surface area contributed by atoms with Crippen LogP contribution in [-0.4, -0.2) is 19.1 Å². The summed E-state index contributed by atoms with van der Waals surface area (Å²) in [5.74, 6) is -6.89. The Morgan fingerprint density at radius 3 is 2.83 bits per heavy atom. The van der Waals surface area contributed by atoms with E-state index in [0.717, 1.165) is 6.07 Å². The number of alkyl halides is 2. The van der Waals surface area contributed by atoms with Gasteiger partial charge in [-0.1, -0.05) is 0 Å². The van der Waals surface area contributed by atoms with Crippen molar-refractivity contribution in [3.63, 3.8) is 0 Å². The first-order valence-electron chi connectivity index (χ1n) is 7.17. The molecule has 3 rings (SSSR count). The van der Waals surface area contributed by atoms with Crippen LogP contribution < -0.4 is 5.32 Å². The standard InChI is InChI=1S/C16H13F4NO3/c17-10-1-2-12(13(18)5-10)16(19,20)8-21-15(22)14-11-3-4-23-6-9(11)7-24-14/h1-2,5,7H,3-4,6,8H2,(H,21,22). The Kier molecular flexibility index (Phi) is 4.31. The van der Waals surface area contributed by atoms with Crippen molar-refractivity contribution in [1.29, 1.82) is 0 Å². The molecule has 0 atom stereocenters. The summed E-state index contributed by atoms with van der Waals surface area (Å²) < 4.78 is 64.8. The van der Waals surface area contributed by atoms with Crippen LogP contribution in [0.5, 0.6) is 0 Å². The van der Waals surface area contributed by atoms with E-state index in [-0.39, 0.29) is 5.76 Å². The summed E-state index contributed by atoms with van der Waals surface area (Å²) in [4.78, 5) is 12.1. The lowest BCUT2D eigenvalue weighted by molar-refractivity contribution is -0.00613. The zero-order valence-corrected chi connectivity index (χ0v) is 12.4. The first-order valence-corrected chi connectivity index (χ1v) is 7.17. The van der Waals surface area contributed by atoms with Gasteiger partial charge in [0.05, 0.1) is 31.6 Å². The van der Waals surface area contributed by atoms with Crippen molar-refractivity contribution < 1.29 is 31.5 Å². The number of carbonyl (C=O) groups is 1. The summed E-state index contributed by atoms with van der Waals surface area (Å²) in [5, 5.41) is 2.03. The molecule has 1 aromatic carbocycles. The van der Waals surface area contributed by atoms with Crippen molar-refractivity contribution in [2.24, 2.45) is 0 Å². The molecule has 2 heterocycles. The van der Waals surface area contributed by atoms with Crippen molar-refractivity contribution in [3.8, 4) is 0 Å². The average Bonchev–Trinajstić information content (AvgIpc) is 2.96. The van der Waals surface area contributed by atoms with Crippen LogP contribution >= 0.6 is 0 Å². The van der Waals surface area contributed by atoms with Gasteiger partial charge in [0.15, 0.2) is 5.76 Å². The van der Waals surface area contributed by atoms with Crippen LogP contribution in [0.1, 0.15) is 27.2 Å². The first kappa shape index (κ1) is 16.5. The highest BCUT2D eigenvalue weighted by Crippen LogP contribution is 2.30. The lowest BCUT2D eigenvalue weighted by atomic mass is 10.1. The third-order valence-corrected chi connectivity index (χ3v) is 3.74. The predicted molar refractivity (Wildman–Crippen MR) is 74.7 cm³/mol. The molecule has 0 unspecified atom stereocenters. The second-order valence-electron chi connectivity index (χ2n) is 5.38. The van der Waals surface area contributed by atoms with Gasteiger partial charge in [-0.3, -0.25) is 4.79 Å². The molecular weight excluding hydrogens is 330 g/mol. The summed E-state index contributed by atoms with van der Waals surface area (Å²) in [6.45, 7) is -0.437. The lowest BCUT2D eigenvalue weighted by Gasteiger charge is -2.18. The van der Waals surface area contributed by atoms with Gasteiger partial charge in [-0.15, -0.1) is 0 Å². The number of hydrogen-bond acceptors (Lipinski definition) is 3. The predicted octanol–water partition coefficient (Wildman–Crippen LogP) is 3.15. The maximum Gasteiger partial charge on any atom is 0.292 e. The molecule has 0 aliphatic carbocycles. The van der Waals surface area contributed by atoms with Gasteiger partial charge in [-0.2, -0.15) is 8.78 Å². The Labute approximate surface area is 134 Å². The van der Waals surface area contributed by atoms with E-state index in [0.29, 0.717) is 42.9 Å². The molecule has 24 heavy (non-hydrogen) atoms. The van der Waals surface area contributed by atoms with E-state index in [1.54, 1.807) is 0 Å². The summed E-state index contributed by atoms with van der Waals surface area (Å²) in [7, 11) is 0. The van der Waals surface area contributed by atoms with Gasteiger partial charge in [0.1, 0.15) is 11.6 Å². The monoisotopic (exact) mass is 343 g/mol. The molecule has 2 aromatic rings. The third-order valence-electron chi connectivity index (χ3n) is 3.74. The molecule has 128 valence electrons. The first-order chi connectivity index (χ1) is 11.4. The van der Waals surface area contributed by atoms with E-state index in [1.165, 1.54) is 6.26 Å². The lowest BCUT2D eigenvalue weighted by Crippen LogP contribution is -2.36. The number of hydrogen-bond donors (Lipinski definition) is 1. The largest absolute Gasteiger partial charge is 0.459 e. The Balaban J connectivity index is 1.72. The number of amides is 1. The maximum absolute atomic E-state index is 14.1. The van der Waals surface area contributed by atoms with Crippen molar-refractivity contribution in [2.75, 3.05) is 13.2 Å². The zero-order valence-electron chi connectivity index (χ0n) is 12.4. The van der Waals surface area contributed by atoms with E-state index >= 15 is 0 Å². The molecule has 8 heteroatoms. The van der Waals surface area contributed by atoms with Crippen LogP contribution in [0.4, 0.5) is 17.6 Å². The molecule has 4 nitrogen and oxygen atoms in total. The molecular formula is C16H13F4NO3. The zero-order chi connectivity index (χ0) is 17.3. The second kappa shape index (κ2) is 6.27. The molecule has 0 saturated carbocycles. The minimum atomic E-state index is -3.69. The minimum absolute atomic E-state index is 0.0521. The van der Waals surface area contributed by atoms with Crippen molar-refractivity contribution in [2.45, 2.75) is 19.0 Å². The summed E-state index contributed by atoms with van der Waals surface area (Å²) >= 11 is 0. The van der Waals surface area contributed by atoms with Gasteiger partial charge in [-0.25, -0.2) is 8.78 Å². The van der Waals surface area contributed by atoms with Crippen molar-refractivity contribution >= 4 is 5.91 Å². The normalized spacial score (nSPS) is 14.3. The molecule has 0 fully saturated rings. The fraction of sp³-hybridized carbons (Fsp3) is 0.312. The van der Waals surface area contributed by atoms with Gasteiger partial charge in [-0.05, 0) is 12.1 Å². The topological polar surface area (TPSA) is 51.5 Å². The molecule has 1 aromatic heterocycles. The second-order valence-corrected chi connectivity index (χ2v) is 5.38. The van der Waals surface area contributed by atoms with Crippen LogP contribution in [0.15, 0.2) is 28.9 Å². The number of nitrogens with one attached hydrogen (secondary N) is 1. The van der Waals surface area contributed by atoms with Crippen LogP contribution in [0.25, 0.3) is 0 Å². The Morgan fingerprint density at radius 1 is 1.29 bits per heavy atom. The highest BCUT2D eigenvalue weighted by molar-refractivity contribution is 5.93. The fourth-order valence-electron chi connectivity index (χ4n) is 2.51. The average molecular weight is 343 g/mol. The maximum atomic E-state index is 14.1. The molecule has 0 bridgehead atoms. The molecule has 0 saturated heterocycles. The summed E-state index contributed by atoms with van der Waals surface area (Å²) in [5.41, 5.74) is 0.330. The Bertz CT molecular complexity index is 773. The number of ether oxygens (including phenoxy) is 1. The summed E-state index contributed by atoms with van der Waals surface area (Å²) in [6, 6.07) is 1.76. The van der Waals surface area contributed by atoms with E-state index in [2.05, 4.69) is 0 Å². The summed E-state index contributed by atoms with van der Waals surface area (Å²) in [6.07, 6.45) is 1.79. The van der Waals surface area contributed by atoms with E-state index < -0.39 is 35.6 Å². The van der Waals surface area contributed by atoms with Gasteiger partial charge >= 0.3 is 0 Å². The van der Waals surface area contributed by atoms with Crippen LogP contribution in [-0.2, 0) is 23.7 Å². The number of carbonyl (C=O) groups excluding carboxylic acids is 1. The van der Waals surface area contributed by atoms with Crippen molar-refractivity contribution in [3.05, 3.63) is 58.5 Å². The molecule has 1 N–H and O–H groups in total. The highest BCUT2D eigenvalue weighted by Gasteiger charge is 2.36. The van der Waals surface area contributed by atoms with Gasteiger partial charge < -0.3 is 14.5 Å².